The molecule has 1 aromatic rings. The standard InChI is InChI=1S/C18H28N4O3S.HI/c1-3-13(2)14-4-6-15(7-5-14)22-18(19)20-10-8-17(23)21-16-9-11-26(24,25)12-16;/h4-7,13,16H,3,8-12H2,1-2H3,(H,21,23)(H3,19,20,22);1H. The molecule has 7 nitrogen and oxygen atoms in total. The molecule has 27 heavy (non-hydrogen) atoms. The van der Waals surface area contributed by atoms with Crippen LogP contribution < -0.4 is 16.4 Å². The molecule has 152 valence electrons. The van der Waals surface area contributed by atoms with E-state index in [1.54, 1.807) is 0 Å². The highest BCUT2D eigenvalue weighted by Gasteiger charge is 2.28. The quantitative estimate of drug-likeness (QED) is 0.297. The van der Waals surface area contributed by atoms with Crippen LogP contribution in [0.4, 0.5) is 5.69 Å². The van der Waals surface area contributed by atoms with Crippen molar-refractivity contribution < 1.29 is 13.2 Å². The monoisotopic (exact) mass is 508 g/mol. The van der Waals surface area contributed by atoms with Gasteiger partial charge in [0.2, 0.25) is 5.91 Å². The van der Waals surface area contributed by atoms with Crippen LogP contribution in [0.2, 0.25) is 0 Å². The molecule has 0 aliphatic carbocycles. The third-order valence-corrected chi connectivity index (χ3v) is 6.35. The predicted molar refractivity (Wildman–Crippen MR) is 120 cm³/mol. The zero-order valence-corrected chi connectivity index (χ0v) is 18.9. The van der Waals surface area contributed by atoms with E-state index >= 15 is 0 Å². The van der Waals surface area contributed by atoms with E-state index in [9.17, 15) is 13.2 Å². The van der Waals surface area contributed by atoms with Gasteiger partial charge in [-0.05, 0) is 36.5 Å². The minimum absolute atomic E-state index is 0. The average Bonchev–Trinajstić information content (AvgIpc) is 2.93. The van der Waals surface area contributed by atoms with E-state index in [2.05, 4.69) is 41.6 Å². The Bertz CT molecular complexity index is 750. The largest absolute Gasteiger partial charge is 0.370 e. The van der Waals surface area contributed by atoms with Gasteiger partial charge >= 0.3 is 0 Å². The summed E-state index contributed by atoms with van der Waals surface area (Å²) in [7, 11) is -2.99. The highest BCUT2D eigenvalue weighted by atomic mass is 127. The maximum absolute atomic E-state index is 11.8. The molecule has 0 bridgehead atoms. The predicted octanol–water partition coefficient (Wildman–Crippen LogP) is 2.24. The Morgan fingerprint density at radius 1 is 1.33 bits per heavy atom. The number of halogens is 1. The van der Waals surface area contributed by atoms with Crippen molar-refractivity contribution in [1.29, 1.82) is 0 Å². The molecule has 2 atom stereocenters. The van der Waals surface area contributed by atoms with Crippen molar-refractivity contribution in [3.63, 3.8) is 0 Å². The number of rotatable bonds is 7. The first-order chi connectivity index (χ1) is 12.3. The van der Waals surface area contributed by atoms with Crippen LogP contribution in [0.1, 0.15) is 44.6 Å². The normalized spacial score (nSPS) is 19.8. The van der Waals surface area contributed by atoms with Crippen molar-refractivity contribution in [2.45, 2.75) is 45.1 Å². The molecule has 1 heterocycles. The van der Waals surface area contributed by atoms with Crippen LogP contribution in [0, 0.1) is 0 Å². The lowest BCUT2D eigenvalue weighted by Gasteiger charge is -2.11. The number of hydrogen-bond donors (Lipinski definition) is 3. The maximum Gasteiger partial charge on any atom is 0.222 e. The minimum Gasteiger partial charge on any atom is -0.370 e. The molecule has 1 aliphatic heterocycles. The summed E-state index contributed by atoms with van der Waals surface area (Å²) in [6.45, 7) is 4.59. The number of amides is 1. The third kappa shape index (κ3) is 8.04. The van der Waals surface area contributed by atoms with Crippen LogP contribution in [0.15, 0.2) is 29.3 Å². The van der Waals surface area contributed by atoms with Crippen LogP contribution >= 0.6 is 24.0 Å². The fourth-order valence-corrected chi connectivity index (χ4v) is 4.48. The lowest BCUT2D eigenvalue weighted by molar-refractivity contribution is -0.121. The summed E-state index contributed by atoms with van der Waals surface area (Å²) < 4.78 is 22.8. The van der Waals surface area contributed by atoms with Crippen molar-refractivity contribution in [2.24, 2.45) is 10.7 Å². The fourth-order valence-electron chi connectivity index (χ4n) is 2.80. The number of sulfone groups is 1. The number of carbonyl (C=O) groups is 1. The second-order valence-corrected chi connectivity index (χ2v) is 8.97. The average molecular weight is 508 g/mol. The van der Waals surface area contributed by atoms with Crippen LogP contribution in [0.3, 0.4) is 0 Å². The lowest BCUT2D eigenvalue weighted by Crippen LogP contribution is -2.36. The van der Waals surface area contributed by atoms with E-state index in [0.717, 1.165) is 12.1 Å². The molecule has 1 aromatic carbocycles. The first-order valence-electron chi connectivity index (χ1n) is 8.95. The van der Waals surface area contributed by atoms with Crippen molar-refractivity contribution in [3.05, 3.63) is 29.8 Å². The van der Waals surface area contributed by atoms with Gasteiger partial charge in [-0.2, -0.15) is 0 Å². The Labute approximate surface area is 178 Å². The van der Waals surface area contributed by atoms with Gasteiger partial charge in [0.1, 0.15) is 0 Å². The van der Waals surface area contributed by atoms with Gasteiger partial charge in [-0.1, -0.05) is 26.0 Å². The Balaban J connectivity index is 0.00000364. The van der Waals surface area contributed by atoms with Gasteiger partial charge in [-0.25, -0.2) is 8.42 Å². The molecule has 0 spiro atoms. The number of nitrogens with one attached hydrogen (secondary N) is 2. The molecule has 0 radical (unpaired) electrons. The zero-order valence-electron chi connectivity index (χ0n) is 15.8. The summed E-state index contributed by atoms with van der Waals surface area (Å²) >= 11 is 0. The molecule has 0 saturated carbocycles. The molecule has 9 heteroatoms. The molecule has 2 rings (SSSR count). The maximum atomic E-state index is 11.8. The highest BCUT2D eigenvalue weighted by Crippen LogP contribution is 2.20. The summed E-state index contributed by atoms with van der Waals surface area (Å²) in [4.78, 5) is 16.0. The van der Waals surface area contributed by atoms with Gasteiger partial charge in [0, 0.05) is 18.2 Å². The number of guanidine groups is 1. The number of nitrogens with two attached hydrogens (primary N) is 1. The van der Waals surface area contributed by atoms with E-state index in [1.165, 1.54) is 5.56 Å². The molecule has 1 fully saturated rings. The number of carbonyl (C=O) groups excluding carboxylic acids is 1. The Morgan fingerprint density at radius 2 is 2.00 bits per heavy atom. The van der Waals surface area contributed by atoms with Crippen molar-refractivity contribution in [2.75, 3.05) is 23.4 Å². The fraction of sp³-hybridized carbons (Fsp3) is 0.556. The van der Waals surface area contributed by atoms with Crippen LogP contribution in [0.25, 0.3) is 0 Å². The number of benzene rings is 1. The van der Waals surface area contributed by atoms with E-state index < -0.39 is 9.84 Å². The molecule has 1 amide bonds. The summed E-state index contributed by atoms with van der Waals surface area (Å²) in [5, 5.41) is 5.73. The van der Waals surface area contributed by atoms with Crippen molar-refractivity contribution >= 4 is 51.4 Å². The summed E-state index contributed by atoms with van der Waals surface area (Å²) in [6.07, 6.45) is 1.74. The lowest BCUT2D eigenvalue weighted by atomic mass is 9.99. The van der Waals surface area contributed by atoms with Crippen molar-refractivity contribution in [1.82, 2.24) is 5.32 Å². The number of aliphatic imine (C=N–C) groups is 1. The van der Waals surface area contributed by atoms with Crippen LogP contribution in [0.5, 0.6) is 0 Å². The Morgan fingerprint density at radius 3 is 2.56 bits per heavy atom. The molecular weight excluding hydrogens is 479 g/mol. The Hall–Kier alpha value is -1.36. The van der Waals surface area contributed by atoms with E-state index in [4.69, 9.17) is 5.73 Å². The van der Waals surface area contributed by atoms with Gasteiger partial charge in [-0.15, -0.1) is 24.0 Å². The molecule has 4 N–H and O–H groups in total. The van der Waals surface area contributed by atoms with Gasteiger partial charge in [-0.3, -0.25) is 9.79 Å². The second kappa shape index (κ2) is 10.8. The SMILES string of the molecule is CCC(C)c1ccc(NC(N)=NCCC(=O)NC2CCS(=O)(=O)C2)cc1.I. The first kappa shape index (κ1) is 23.7. The third-order valence-electron chi connectivity index (χ3n) is 4.58. The highest BCUT2D eigenvalue weighted by molar-refractivity contribution is 14.0. The van der Waals surface area contributed by atoms with E-state index in [1.807, 2.05) is 12.1 Å². The van der Waals surface area contributed by atoms with Gasteiger partial charge < -0.3 is 16.4 Å². The van der Waals surface area contributed by atoms with Crippen LogP contribution in [-0.2, 0) is 14.6 Å². The number of nitrogens with zero attached hydrogens (tertiary/aromatic N) is 1. The smallest absolute Gasteiger partial charge is 0.222 e. The van der Waals surface area contributed by atoms with Gasteiger partial charge in [0.15, 0.2) is 15.8 Å². The summed E-state index contributed by atoms with van der Waals surface area (Å²) in [5.41, 5.74) is 7.97. The molecule has 0 aromatic heterocycles. The summed E-state index contributed by atoms with van der Waals surface area (Å²) in [6, 6.07) is 7.75. The second-order valence-electron chi connectivity index (χ2n) is 6.74. The molecule has 1 aliphatic rings. The number of anilines is 1. The van der Waals surface area contributed by atoms with E-state index in [-0.39, 0.29) is 66.4 Å². The van der Waals surface area contributed by atoms with E-state index in [0.29, 0.717) is 12.3 Å². The molecule has 1 saturated heterocycles. The van der Waals surface area contributed by atoms with Crippen molar-refractivity contribution in [3.8, 4) is 0 Å². The van der Waals surface area contributed by atoms with Crippen LogP contribution in [-0.4, -0.2) is 44.4 Å². The zero-order chi connectivity index (χ0) is 19.2. The van der Waals surface area contributed by atoms with Gasteiger partial charge in [0.05, 0.1) is 18.1 Å². The minimum atomic E-state index is -2.99. The first-order valence-corrected chi connectivity index (χ1v) is 10.8. The molecular formula is C18H29IN4O3S. The summed E-state index contributed by atoms with van der Waals surface area (Å²) in [5.74, 6) is 0.726. The topological polar surface area (TPSA) is 114 Å². The number of hydrogen-bond acceptors (Lipinski definition) is 4. The van der Waals surface area contributed by atoms with Gasteiger partial charge in [0.25, 0.3) is 0 Å². The molecule has 2 unspecified atom stereocenters. The Kier molecular flexibility index (Phi) is 9.51.